The van der Waals surface area contributed by atoms with E-state index >= 15 is 0 Å². The third-order valence-electron chi connectivity index (χ3n) is 3.80. The quantitative estimate of drug-likeness (QED) is 0.546. The van der Waals surface area contributed by atoms with Crippen LogP contribution in [0.15, 0.2) is 48.5 Å². The Balaban J connectivity index is 1.74. The highest BCUT2D eigenvalue weighted by atomic mass is 35.5. The van der Waals surface area contributed by atoms with Gasteiger partial charge in [0.25, 0.3) is 5.91 Å². The lowest BCUT2D eigenvalue weighted by atomic mass is 10.2. The monoisotopic (exact) mass is 389 g/mol. The summed E-state index contributed by atoms with van der Waals surface area (Å²) in [5, 5.41) is 9.32. The highest BCUT2D eigenvalue weighted by Gasteiger charge is 2.07. The van der Waals surface area contributed by atoms with E-state index in [4.69, 9.17) is 16.3 Å². The molecule has 0 radical (unpaired) electrons. The molecule has 3 N–H and O–H groups in total. The average Bonchev–Trinajstić information content (AvgIpc) is 2.67. The highest BCUT2D eigenvalue weighted by Crippen LogP contribution is 2.14. The van der Waals surface area contributed by atoms with Crippen LogP contribution in [0.4, 0.5) is 5.69 Å². The van der Waals surface area contributed by atoms with Crippen LogP contribution in [0.1, 0.15) is 22.3 Å². The Morgan fingerprint density at radius 1 is 1.07 bits per heavy atom. The van der Waals surface area contributed by atoms with Crippen LogP contribution in [0.2, 0.25) is 5.02 Å². The standard InChI is InChI=1S/C20H24ClN3O3/c1-27-12-4-11-23-20(26)15-7-9-17(10-8-15)24-19(25)14-22-13-16-5-2-3-6-18(16)21/h2-3,5-10,22H,4,11-14H2,1H3,(H,23,26)(H,24,25). The molecular formula is C20H24ClN3O3. The zero-order chi connectivity index (χ0) is 19.5. The number of methoxy groups -OCH3 is 1. The van der Waals surface area contributed by atoms with Gasteiger partial charge < -0.3 is 20.7 Å². The number of ether oxygens (including phenoxy) is 1. The molecular weight excluding hydrogens is 366 g/mol. The summed E-state index contributed by atoms with van der Waals surface area (Å²) in [7, 11) is 1.63. The number of hydrogen-bond acceptors (Lipinski definition) is 4. The second-order valence-electron chi connectivity index (χ2n) is 5.92. The minimum absolute atomic E-state index is 0.148. The first-order valence-electron chi connectivity index (χ1n) is 8.71. The summed E-state index contributed by atoms with van der Waals surface area (Å²) in [6, 6.07) is 14.3. The molecule has 27 heavy (non-hydrogen) atoms. The van der Waals surface area contributed by atoms with Gasteiger partial charge in [-0.15, -0.1) is 0 Å². The van der Waals surface area contributed by atoms with Gasteiger partial charge in [-0.05, 0) is 42.3 Å². The fourth-order valence-electron chi connectivity index (χ4n) is 2.38. The number of rotatable bonds is 10. The predicted octanol–water partition coefficient (Wildman–Crippen LogP) is 2.83. The van der Waals surface area contributed by atoms with Gasteiger partial charge in [-0.2, -0.15) is 0 Å². The van der Waals surface area contributed by atoms with Crippen LogP contribution in [0, 0.1) is 0 Å². The minimum Gasteiger partial charge on any atom is -0.385 e. The summed E-state index contributed by atoms with van der Waals surface area (Å²) in [6.45, 7) is 1.83. The topological polar surface area (TPSA) is 79.5 Å². The Morgan fingerprint density at radius 2 is 1.81 bits per heavy atom. The average molecular weight is 390 g/mol. The SMILES string of the molecule is COCCCNC(=O)c1ccc(NC(=O)CNCc2ccccc2Cl)cc1. The van der Waals surface area contributed by atoms with Gasteiger partial charge in [0.15, 0.2) is 0 Å². The molecule has 0 saturated carbocycles. The number of nitrogens with one attached hydrogen (secondary N) is 3. The summed E-state index contributed by atoms with van der Waals surface area (Å²) < 4.78 is 4.94. The Kier molecular flexibility index (Phi) is 8.77. The first kappa shape index (κ1) is 20.9. The van der Waals surface area contributed by atoms with Crippen molar-refractivity contribution in [1.82, 2.24) is 10.6 Å². The van der Waals surface area contributed by atoms with E-state index in [0.717, 1.165) is 12.0 Å². The van der Waals surface area contributed by atoms with Gasteiger partial charge in [0.05, 0.1) is 6.54 Å². The molecule has 0 aromatic heterocycles. The van der Waals surface area contributed by atoms with Gasteiger partial charge in [0, 0.05) is 43.1 Å². The van der Waals surface area contributed by atoms with E-state index in [-0.39, 0.29) is 18.4 Å². The Hall–Kier alpha value is -2.41. The van der Waals surface area contributed by atoms with Gasteiger partial charge in [-0.1, -0.05) is 29.8 Å². The van der Waals surface area contributed by atoms with Gasteiger partial charge >= 0.3 is 0 Å². The van der Waals surface area contributed by atoms with E-state index in [2.05, 4.69) is 16.0 Å². The molecule has 7 heteroatoms. The summed E-state index contributed by atoms with van der Waals surface area (Å²) in [4.78, 5) is 24.0. The second kappa shape index (κ2) is 11.3. The lowest BCUT2D eigenvalue weighted by Crippen LogP contribution is -2.28. The van der Waals surface area contributed by atoms with Crippen molar-refractivity contribution >= 4 is 29.1 Å². The lowest BCUT2D eigenvalue weighted by molar-refractivity contribution is -0.115. The zero-order valence-corrected chi connectivity index (χ0v) is 16.0. The molecule has 6 nitrogen and oxygen atoms in total. The van der Waals surface area contributed by atoms with Crippen LogP contribution >= 0.6 is 11.6 Å². The van der Waals surface area contributed by atoms with Gasteiger partial charge in [0.1, 0.15) is 0 Å². The molecule has 0 spiro atoms. The minimum atomic E-state index is -0.168. The second-order valence-corrected chi connectivity index (χ2v) is 6.33. The van der Waals surface area contributed by atoms with Gasteiger partial charge in [-0.25, -0.2) is 0 Å². The Bertz CT molecular complexity index is 750. The van der Waals surface area contributed by atoms with Crippen LogP contribution < -0.4 is 16.0 Å². The van der Waals surface area contributed by atoms with Crippen molar-refractivity contribution in [1.29, 1.82) is 0 Å². The molecule has 0 bridgehead atoms. The van der Waals surface area contributed by atoms with E-state index in [0.29, 0.717) is 36.0 Å². The van der Waals surface area contributed by atoms with Crippen molar-refractivity contribution in [2.45, 2.75) is 13.0 Å². The lowest BCUT2D eigenvalue weighted by Gasteiger charge is -2.09. The fraction of sp³-hybridized carbons (Fsp3) is 0.300. The molecule has 0 aliphatic rings. The number of anilines is 1. The molecule has 0 atom stereocenters. The Labute approximate surface area is 164 Å². The third kappa shape index (κ3) is 7.38. The molecule has 0 fully saturated rings. The summed E-state index contributed by atoms with van der Waals surface area (Å²) in [5.41, 5.74) is 2.12. The van der Waals surface area contributed by atoms with Crippen molar-refractivity contribution in [3.05, 3.63) is 64.7 Å². The predicted molar refractivity (Wildman–Crippen MR) is 107 cm³/mol. The normalized spacial score (nSPS) is 10.4. The van der Waals surface area contributed by atoms with Crippen LogP contribution in [0.3, 0.4) is 0 Å². The first-order chi connectivity index (χ1) is 13.1. The molecule has 2 amide bonds. The van der Waals surface area contributed by atoms with Gasteiger partial charge in [-0.3, -0.25) is 9.59 Å². The summed E-state index contributed by atoms with van der Waals surface area (Å²) >= 11 is 6.08. The van der Waals surface area contributed by atoms with Crippen LogP contribution in [-0.2, 0) is 16.1 Å². The molecule has 144 valence electrons. The molecule has 0 unspecified atom stereocenters. The van der Waals surface area contributed by atoms with Crippen molar-refractivity contribution in [2.24, 2.45) is 0 Å². The van der Waals surface area contributed by atoms with Crippen LogP contribution in [0.5, 0.6) is 0 Å². The van der Waals surface area contributed by atoms with Crippen LogP contribution in [0.25, 0.3) is 0 Å². The van der Waals surface area contributed by atoms with E-state index < -0.39 is 0 Å². The van der Waals surface area contributed by atoms with Crippen LogP contribution in [-0.4, -0.2) is 38.6 Å². The molecule has 2 aromatic carbocycles. The smallest absolute Gasteiger partial charge is 0.251 e. The number of benzene rings is 2. The molecule has 0 saturated heterocycles. The fourth-order valence-corrected chi connectivity index (χ4v) is 2.59. The van der Waals surface area contributed by atoms with E-state index in [1.807, 2.05) is 24.3 Å². The van der Waals surface area contributed by atoms with E-state index in [1.54, 1.807) is 31.4 Å². The molecule has 0 aliphatic heterocycles. The third-order valence-corrected chi connectivity index (χ3v) is 4.17. The van der Waals surface area contributed by atoms with E-state index in [9.17, 15) is 9.59 Å². The van der Waals surface area contributed by atoms with E-state index in [1.165, 1.54) is 0 Å². The number of carbonyl (C=O) groups is 2. The number of halogens is 1. The number of hydrogen-bond donors (Lipinski definition) is 3. The maximum atomic E-state index is 12.0. The van der Waals surface area contributed by atoms with Crippen molar-refractivity contribution in [2.75, 3.05) is 32.1 Å². The number of amides is 2. The first-order valence-corrected chi connectivity index (χ1v) is 9.09. The van der Waals surface area contributed by atoms with Crippen molar-refractivity contribution in [3.63, 3.8) is 0 Å². The molecule has 2 rings (SSSR count). The largest absolute Gasteiger partial charge is 0.385 e. The Morgan fingerprint density at radius 3 is 2.52 bits per heavy atom. The van der Waals surface area contributed by atoms with Gasteiger partial charge in [0.2, 0.25) is 5.91 Å². The molecule has 0 aliphatic carbocycles. The maximum Gasteiger partial charge on any atom is 0.251 e. The number of carbonyl (C=O) groups excluding carboxylic acids is 2. The van der Waals surface area contributed by atoms with Crippen molar-refractivity contribution in [3.8, 4) is 0 Å². The highest BCUT2D eigenvalue weighted by molar-refractivity contribution is 6.31. The molecule has 2 aromatic rings. The zero-order valence-electron chi connectivity index (χ0n) is 15.3. The maximum absolute atomic E-state index is 12.0. The van der Waals surface area contributed by atoms with Crippen molar-refractivity contribution < 1.29 is 14.3 Å². The summed E-state index contributed by atoms with van der Waals surface area (Å²) in [6.07, 6.45) is 0.761. The summed E-state index contributed by atoms with van der Waals surface area (Å²) in [5.74, 6) is -0.316. The molecule has 0 heterocycles.